The number of ether oxygens (including phenoxy) is 2. The van der Waals surface area contributed by atoms with E-state index in [1.807, 2.05) is 37.3 Å². The van der Waals surface area contributed by atoms with Crippen LogP contribution >= 0.6 is 0 Å². The van der Waals surface area contributed by atoms with Gasteiger partial charge in [-0.1, -0.05) is 37.3 Å². The quantitative estimate of drug-likeness (QED) is 0.433. The summed E-state index contributed by atoms with van der Waals surface area (Å²) in [6.45, 7) is 1.39. The van der Waals surface area contributed by atoms with E-state index in [0.717, 1.165) is 5.56 Å². The molecule has 0 unspecified atom stereocenters. The number of benzene rings is 2. The van der Waals surface area contributed by atoms with Gasteiger partial charge in [-0.2, -0.15) is 0 Å². The lowest BCUT2D eigenvalue weighted by Crippen LogP contribution is -2.24. The Morgan fingerprint density at radius 1 is 1.19 bits per heavy atom. The number of nitrogens with one attached hydrogen (secondary N) is 1. The van der Waals surface area contributed by atoms with Crippen LogP contribution in [0.1, 0.15) is 24.8 Å². The standard InChI is InChI=1S/C19H20N2O6/c1-3-15(13-7-5-4-6-8-13)19(23)27-12-18(22)20-16-10-9-14(21(24)25)11-17(16)26-2/h4-11,15H,3,12H2,1-2H3,(H,20,22)/t15-/m0/s1. The first kappa shape index (κ1) is 19.9. The van der Waals surface area contributed by atoms with Crippen LogP contribution in [0.15, 0.2) is 48.5 Å². The van der Waals surface area contributed by atoms with Gasteiger partial charge in [0, 0.05) is 6.07 Å². The summed E-state index contributed by atoms with van der Waals surface area (Å²) in [6, 6.07) is 13.0. The Kier molecular flexibility index (Phi) is 6.87. The number of amides is 1. The zero-order valence-electron chi connectivity index (χ0n) is 15.0. The van der Waals surface area contributed by atoms with Crippen LogP contribution in [0.2, 0.25) is 0 Å². The molecule has 2 aromatic rings. The van der Waals surface area contributed by atoms with Crippen molar-refractivity contribution in [2.75, 3.05) is 19.0 Å². The summed E-state index contributed by atoms with van der Waals surface area (Å²) in [7, 11) is 1.33. The number of methoxy groups -OCH3 is 1. The Hall–Kier alpha value is -3.42. The van der Waals surface area contributed by atoms with Gasteiger partial charge < -0.3 is 14.8 Å². The molecule has 1 atom stereocenters. The summed E-state index contributed by atoms with van der Waals surface area (Å²) in [5.74, 6) is -1.37. The molecule has 0 fully saturated rings. The number of nitrogens with zero attached hydrogens (tertiary/aromatic N) is 1. The number of nitro benzene ring substituents is 1. The van der Waals surface area contributed by atoms with Crippen LogP contribution in [-0.4, -0.2) is 30.5 Å². The molecule has 0 saturated carbocycles. The maximum Gasteiger partial charge on any atom is 0.313 e. The van der Waals surface area contributed by atoms with Gasteiger partial charge in [0.2, 0.25) is 0 Å². The lowest BCUT2D eigenvalue weighted by Gasteiger charge is -2.15. The van der Waals surface area contributed by atoms with Crippen molar-refractivity contribution in [2.24, 2.45) is 0 Å². The van der Waals surface area contributed by atoms with Crippen molar-refractivity contribution in [2.45, 2.75) is 19.3 Å². The molecule has 1 N–H and O–H groups in total. The number of nitro groups is 1. The van der Waals surface area contributed by atoms with Crippen LogP contribution in [-0.2, 0) is 14.3 Å². The lowest BCUT2D eigenvalue weighted by molar-refractivity contribution is -0.384. The van der Waals surface area contributed by atoms with E-state index >= 15 is 0 Å². The number of hydrogen-bond acceptors (Lipinski definition) is 6. The Bertz CT molecular complexity index is 822. The molecule has 27 heavy (non-hydrogen) atoms. The van der Waals surface area contributed by atoms with Gasteiger partial charge in [-0.15, -0.1) is 0 Å². The monoisotopic (exact) mass is 372 g/mol. The minimum atomic E-state index is -0.571. The molecule has 0 aliphatic heterocycles. The third-order valence-corrected chi connectivity index (χ3v) is 3.91. The predicted octanol–water partition coefficient (Wildman–Crippen LogP) is 3.28. The van der Waals surface area contributed by atoms with Gasteiger partial charge in [-0.25, -0.2) is 0 Å². The predicted molar refractivity (Wildman–Crippen MR) is 98.7 cm³/mol. The Morgan fingerprint density at radius 3 is 2.48 bits per heavy atom. The molecule has 2 aromatic carbocycles. The smallest absolute Gasteiger partial charge is 0.313 e. The molecule has 8 heteroatoms. The van der Waals surface area contributed by atoms with Gasteiger partial charge in [0.05, 0.1) is 29.7 Å². The summed E-state index contributed by atoms with van der Waals surface area (Å²) in [5, 5.41) is 13.3. The van der Waals surface area contributed by atoms with E-state index in [2.05, 4.69) is 5.32 Å². The number of hydrogen-bond donors (Lipinski definition) is 1. The highest BCUT2D eigenvalue weighted by molar-refractivity contribution is 5.94. The van der Waals surface area contributed by atoms with E-state index in [-0.39, 0.29) is 17.1 Å². The van der Waals surface area contributed by atoms with E-state index in [1.54, 1.807) is 0 Å². The summed E-state index contributed by atoms with van der Waals surface area (Å²) in [5.41, 5.74) is 0.909. The van der Waals surface area contributed by atoms with E-state index < -0.39 is 29.3 Å². The fourth-order valence-electron chi connectivity index (χ4n) is 2.54. The van der Waals surface area contributed by atoms with Crippen molar-refractivity contribution in [1.29, 1.82) is 0 Å². The molecule has 2 rings (SSSR count). The van der Waals surface area contributed by atoms with Gasteiger partial charge in [-0.3, -0.25) is 19.7 Å². The minimum Gasteiger partial charge on any atom is -0.494 e. The fraction of sp³-hybridized carbons (Fsp3) is 0.263. The fourth-order valence-corrected chi connectivity index (χ4v) is 2.54. The summed E-state index contributed by atoms with van der Waals surface area (Å²) in [6.07, 6.45) is 0.542. The third-order valence-electron chi connectivity index (χ3n) is 3.91. The molecule has 0 aliphatic rings. The first-order valence-corrected chi connectivity index (χ1v) is 8.30. The van der Waals surface area contributed by atoms with Crippen molar-refractivity contribution in [3.05, 3.63) is 64.2 Å². The third kappa shape index (κ3) is 5.27. The van der Waals surface area contributed by atoms with Gasteiger partial charge >= 0.3 is 5.97 Å². The average Bonchev–Trinajstić information content (AvgIpc) is 2.68. The van der Waals surface area contributed by atoms with Gasteiger partial charge in [0.1, 0.15) is 5.75 Å². The first-order valence-electron chi connectivity index (χ1n) is 8.30. The number of esters is 1. The highest BCUT2D eigenvalue weighted by Crippen LogP contribution is 2.29. The average molecular weight is 372 g/mol. The Morgan fingerprint density at radius 2 is 1.89 bits per heavy atom. The molecule has 8 nitrogen and oxygen atoms in total. The zero-order valence-corrected chi connectivity index (χ0v) is 15.0. The van der Waals surface area contributed by atoms with E-state index in [1.165, 1.54) is 25.3 Å². The van der Waals surface area contributed by atoms with Crippen molar-refractivity contribution < 1.29 is 24.0 Å². The van der Waals surface area contributed by atoms with Gasteiger partial charge in [0.15, 0.2) is 6.61 Å². The van der Waals surface area contributed by atoms with Crippen LogP contribution in [0.4, 0.5) is 11.4 Å². The summed E-state index contributed by atoms with van der Waals surface area (Å²) in [4.78, 5) is 34.6. The summed E-state index contributed by atoms with van der Waals surface area (Å²) >= 11 is 0. The topological polar surface area (TPSA) is 108 Å². The van der Waals surface area contributed by atoms with E-state index in [0.29, 0.717) is 6.42 Å². The number of carbonyl (C=O) groups is 2. The molecule has 0 heterocycles. The minimum absolute atomic E-state index is 0.139. The Labute approximate surface area is 156 Å². The van der Waals surface area contributed by atoms with Crippen LogP contribution in [0.3, 0.4) is 0 Å². The Balaban J connectivity index is 1.98. The molecular formula is C19H20N2O6. The van der Waals surface area contributed by atoms with Crippen LogP contribution in [0.5, 0.6) is 5.75 Å². The highest BCUT2D eigenvalue weighted by Gasteiger charge is 2.21. The second-order valence-electron chi connectivity index (χ2n) is 5.67. The molecule has 1 amide bonds. The zero-order chi connectivity index (χ0) is 19.8. The molecule has 0 bridgehead atoms. The molecule has 0 saturated heterocycles. The van der Waals surface area contributed by atoms with Gasteiger partial charge in [-0.05, 0) is 18.1 Å². The second kappa shape index (κ2) is 9.33. The molecule has 0 spiro atoms. The molecular weight excluding hydrogens is 352 g/mol. The maximum atomic E-state index is 12.3. The van der Waals surface area contributed by atoms with E-state index in [4.69, 9.17) is 9.47 Å². The van der Waals surface area contributed by atoms with E-state index in [9.17, 15) is 19.7 Å². The number of carbonyl (C=O) groups excluding carboxylic acids is 2. The SMILES string of the molecule is CC[C@H](C(=O)OCC(=O)Nc1ccc([N+](=O)[O-])cc1OC)c1ccccc1. The lowest BCUT2D eigenvalue weighted by atomic mass is 9.97. The normalized spacial score (nSPS) is 11.3. The van der Waals surface area contributed by atoms with Crippen LogP contribution in [0, 0.1) is 10.1 Å². The largest absolute Gasteiger partial charge is 0.494 e. The molecule has 142 valence electrons. The number of non-ortho nitro benzene ring substituents is 1. The first-order chi connectivity index (χ1) is 13.0. The van der Waals surface area contributed by atoms with Crippen molar-refractivity contribution >= 4 is 23.3 Å². The van der Waals surface area contributed by atoms with Crippen molar-refractivity contribution in [3.63, 3.8) is 0 Å². The van der Waals surface area contributed by atoms with Crippen LogP contribution < -0.4 is 10.1 Å². The molecule has 0 aromatic heterocycles. The van der Waals surface area contributed by atoms with Gasteiger partial charge in [0.25, 0.3) is 11.6 Å². The number of anilines is 1. The maximum absolute atomic E-state index is 12.3. The van der Waals surface area contributed by atoms with Crippen molar-refractivity contribution in [3.8, 4) is 5.75 Å². The van der Waals surface area contributed by atoms with Crippen molar-refractivity contribution in [1.82, 2.24) is 0 Å². The second-order valence-corrected chi connectivity index (χ2v) is 5.67. The number of rotatable bonds is 8. The van der Waals surface area contributed by atoms with Crippen LogP contribution in [0.25, 0.3) is 0 Å². The molecule has 0 radical (unpaired) electrons. The summed E-state index contributed by atoms with van der Waals surface area (Å²) < 4.78 is 10.2. The molecule has 0 aliphatic carbocycles. The highest BCUT2D eigenvalue weighted by atomic mass is 16.6.